The van der Waals surface area contributed by atoms with Crippen molar-refractivity contribution in [1.29, 1.82) is 0 Å². The number of aromatic nitrogens is 1. The number of ketones is 1. The van der Waals surface area contributed by atoms with Gasteiger partial charge in [-0.2, -0.15) is 0 Å². The Labute approximate surface area is 217 Å². The van der Waals surface area contributed by atoms with Gasteiger partial charge in [0.05, 0.1) is 40.3 Å². The fourth-order valence-corrected chi connectivity index (χ4v) is 4.41. The molecule has 38 heavy (non-hydrogen) atoms. The van der Waals surface area contributed by atoms with Gasteiger partial charge >= 0.3 is 11.9 Å². The van der Waals surface area contributed by atoms with Crippen molar-refractivity contribution in [2.24, 2.45) is 0 Å². The maximum absolute atomic E-state index is 13.4. The molecule has 0 radical (unpaired) electrons. The summed E-state index contributed by atoms with van der Waals surface area (Å²) in [6, 6.07) is 15.4. The molecule has 0 unspecified atom stereocenters. The molecule has 0 atom stereocenters. The van der Waals surface area contributed by atoms with Crippen molar-refractivity contribution in [1.82, 2.24) is 4.40 Å². The van der Waals surface area contributed by atoms with Crippen LogP contribution in [-0.4, -0.2) is 40.3 Å². The zero-order valence-electron chi connectivity index (χ0n) is 21.2. The van der Waals surface area contributed by atoms with Crippen molar-refractivity contribution in [3.8, 4) is 11.1 Å². The predicted octanol–water partition coefficient (Wildman–Crippen LogP) is 4.99. The molecular weight excluding hydrogens is 490 g/mol. The molecule has 0 saturated carbocycles. The Morgan fingerprint density at radius 3 is 2.16 bits per heavy atom. The van der Waals surface area contributed by atoms with E-state index in [4.69, 9.17) is 15.2 Å². The van der Waals surface area contributed by atoms with Crippen molar-refractivity contribution < 1.29 is 28.8 Å². The minimum atomic E-state index is -0.793. The highest BCUT2D eigenvalue weighted by molar-refractivity contribution is 6.16. The van der Waals surface area contributed by atoms with E-state index in [0.717, 1.165) is 0 Å². The molecule has 4 rings (SSSR count). The van der Waals surface area contributed by atoms with Crippen molar-refractivity contribution in [2.75, 3.05) is 12.8 Å². The number of nitro groups is 1. The lowest BCUT2D eigenvalue weighted by atomic mass is 9.92. The topological polar surface area (TPSA) is 143 Å². The number of nitro benzene ring substituents is 1. The van der Waals surface area contributed by atoms with E-state index >= 15 is 0 Å². The quantitative estimate of drug-likeness (QED) is 0.157. The monoisotopic (exact) mass is 515 g/mol. The van der Waals surface area contributed by atoms with Crippen LogP contribution < -0.4 is 5.73 Å². The third-order valence-corrected chi connectivity index (χ3v) is 6.08. The summed E-state index contributed by atoms with van der Waals surface area (Å²) in [5, 5.41) is 11.2. The molecule has 0 aliphatic rings. The SMILES string of the molecule is COC(=O)c1c(-c2ccc([N+](=O)[O-])cc2)c(C(=O)OC(C)C)c(C)n2c(N)c(C(=O)c3ccccc3)cc12. The van der Waals surface area contributed by atoms with E-state index in [-0.39, 0.29) is 45.1 Å². The largest absolute Gasteiger partial charge is 0.465 e. The number of non-ortho nitro benzene ring substituents is 1. The Kier molecular flexibility index (Phi) is 6.98. The van der Waals surface area contributed by atoms with Gasteiger partial charge in [-0.25, -0.2) is 9.59 Å². The van der Waals surface area contributed by atoms with Crippen molar-refractivity contribution in [3.05, 3.63) is 98.7 Å². The zero-order valence-corrected chi connectivity index (χ0v) is 21.2. The number of nitrogens with two attached hydrogens (primary N) is 1. The number of ether oxygens (including phenoxy) is 2. The van der Waals surface area contributed by atoms with Crippen LogP contribution in [0.25, 0.3) is 16.6 Å². The minimum absolute atomic E-state index is 0.0152. The Bertz CT molecular complexity index is 1590. The lowest BCUT2D eigenvalue weighted by Crippen LogP contribution is -2.19. The average molecular weight is 516 g/mol. The summed E-state index contributed by atoms with van der Waals surface area (Å²) in [4.78, 5) is 50.7. The standard InChI is InChI=1S/C28H25N3O7/c1-15(2)38-28(34)22-16(3)30-21(14-20(26(30)29)25(32)18-8-6-5-7-9-18)24(27(33)37-4)23(22)17-10-12-19(13-11-17)31(35)36/h5-15H,29H2,1-4H3. The fraction of sp³-hybridized carbons (Fsp3) is 0.179. The van der Waals surface area contributed by atoms with Gasteiger partial charge in [-0.05, 0) is 44.5 Å². The van der Waals surface area contributed by atoms with E-state index < -0.39 is 23.0 Å². The second kappa shape index (κ2) is 10.2. The summed E-state index contributed by atoms with van der Waals surface area (Å²) >= 11 is 0. The summed E-state index contributed by atoms with van der Waals surface area (Å²) in [7, 11) is 1.19. The number of aryl methyl sites for hydroxylation is 1. The molecule has 0 amide bonds. The Morgan fingerprint density at radius 1 is 0.974 bits per heavy atom. The molecular formula is C28H25N3O7. The van der Waals surface area contributed by atoms with Gasteiger partial charge in [0, 0.05) is 29.0 Å². The number of nitrogen functional groups attached to an aromatic ring is 1. The second-order valence-corrected chi connectivity index (χ2v) is 8.82. The van der Waals surface area contributed by atoms with Crippen LogP contribution in [0.3, 0.4) is 0 Å². The first-order valence-electron chi connectivity index (χ1n) is 11.7. The van der Waals surface area contributed by atoms with Crippen LogP contribution >= 0.6 is 0 Å². The number of fused-ring (bicyclic) bond motifs is 1. The highest BCUT2D eigenvalue weighted by Crippen LogP contribution is 2.38. The van der Waals surface area contributed by atoms with Gasteiger partial charge < -0.3 is 15.2 Å². The molecule has 0 bridgehead atoms. The van der Waals surface area contributed by atoms with Gasteiger partial charge in [0.2, 0.25) is 0 Å². The summed E-state index contributed by atoms with van der Waals surface area (Å²) in [5.41, 5.74) is 7.84. The second-order valence-electron chi connectivity index (χ2n) is 8.82. The van der Waals surface area contributed by atoms with Crippen LogP contribution in [0.1, 0.15) is 56.2 Å². The molecule has 0 aliphatic carbocycles. The normalized spacial score (nSPS) is 11.0. The fourth-order valence-electron chi connectivity index (χ4n) is 4.41. The van der Waals surface area contributed by atoms with Gasteiger partial charge in [0.25, 0.3) is 5.69 Å². The minimum Gasteiger partial charge on any atom is -0.465 e. The molecule has 0 saturated heterocycles. The molecule has 10 nitrogen and oxygen atoms in total. The molecule has 2 heterocycles. The van der Waals surface area contributed by atoms with Gasteiger partial charge in [0.1, 0.15) is 5.82 Å². The first-order valence-corrected chi connectivity index (χ1v) is 11.7. The highest BCUT2D eigenvalue weighted by Gasteiger charge is 2.32. The Morgan fingerprint density at radius 2 is 1.61 bits per heavy atom. The van der Waals surface area contributed by atoms with Crippen molar-refractivity contribution >= 4 is 34.7 Å². The smallest absolute Gasteiger partial charge is 0.340 e. The number of methoxy groups -OCH3 is 1. The van der Waals surface area contributed by atoms with Gasteiger partial charge in [-0.15, -0.1) is 0 Å². The highest BCUT2D eigenvalue weighted by atomic mass is 16.6. The molecule has 0 spiro atoms. The number of hydrogen-bond acceptors (Lipinski definition) is 8. The van der Waals surface area contributed by atoms with Crippen LogP contribution in [0.15, 0.2) is 60.7 Å². The summed E-state index contributed by atoms with van der Waals surface area (Å²) in [6.45, 7) is 4.98. The number of carbonyl (C=O) groups is 3. The maximum atomic E-state index is 13.4. The number of esters is 2. The molecule has 2 aromatic carbocycles. The molecule has 2 N–H and O–H groups in total. The predicted molar refractivity (Wildman–Crippen MR) is 140 cm³/mol. The number of carbonyl (C=O) groups excluding carboxylic acids is 3. The number of nitrogens with zero attached hydrogens (tertiary/aromatic N) is 2. The molecule has 2 aromatic heterocycles. The zero-order chi connectivity index (χ0) is 27.7. The van der Waals surface area contributed by atoms with E-state index in [0.29, 0.717) is 16.8 Å². The lowest BCUT2D eigenvalue weighted by molar-refractivity contribution is -0.384. The lowest BCUT2D eigenvalue weighted by Gasteiger charge is -2.20. The van der Waals surface area contributed by atoms with Crippen LogP contribution in [-0.2, 0) is 9.47 Å². The summed E-state index contributed by atoms with van der Waals surface area (Å²) in [5.74, 6) is -1.87. The first-order chi connectivity index (χ1) is 18.1. The maximum Gasteiger partial charge on any atom is 0.340 e. The number of benzene rings is 2. The van der Waals surface area contributed by atoms with Crippen LogP contribution in [0.2, 0.25) is 0 Å². The van der Waals surface area contributed by atoms with Crippen LogP contribution in [0, 0.1) is 17.0 Å². The Balaban J connectivity index is 2.13. The average Bonchev–Trinajstić information content (AvgIpc) is 3.24. The van der Waals surface area contributed by atoms with Crippen molar-refractivity contribution in [2.45, 2.75) is 26.9 Å². The van der Waals surface area contributed by atoms with Crippen LogP contribution in [0.5, 0.6) is 0 Å². The van der Waals surface area contributed by atoms with Gasteiger partial charge in [0.15, 0.2) is 5.78 Å². The van der Waals surface area contributed by atoms with Gasteiger partial charge in [-0.1, -0.05) is 30.3 Å². The Hall–Kier alpha value is -4.99. The van der Waals surface area contributed by atoms with E-state index in [9.17, 15) is 24.5 Å². The van der Waals surface area contributed by atoms with E-state index in [1.165, 1.54) is 41.8 Å². The molecule has 0 fully saturated rings. The number of rotatable bonds is 7. The summed E-state index contributed by atoms with van der Waals surface area (Å²) < 4.78 is 12.0. The summed E-state index contributed by atoms with van der Waals surface area (Å²) in [6.07, 6.45) is -0.485. The number of pyridine rings is 1. The van der Waals surface area contributed by atoms with Gasteiger partial charge in [-0.3, -0.25) is 19.3 Å². The first kappa shape index (κ1) is 26.1. The third kappa shape index (κ3) is 4.47. The molecule has 194 valence electrons. The molecule has 4 aromatic rings. The third-order valence-electron chi connectivity index (χ3n) is 6.08. The van der Waals surface area contributed by atoms with Crippen LogP contribution in [0.4, 0.5) is 11.5 Å². The van der Waals surface area contributed by atoms with E-state index in [2.05, 4.69) is 0 Å². The van der Waals surface area contributed by atoms with E-state index in [1.54, 1.807) is 51.1 Å². The molecule has 10 heteroatoms. The van der Waals surface area contributed by atoms with E-state index in [1.807, 2.05) is 0 Å². The number of hydrogen-bond donors (Lipinski definition) is 1. The molecule has 0 aliphatic heterocycles. The number of anilines is 1. The van der Waals surface area contributed by atoms with Crippen molar-refractivity contribution in [3.63, 3.8) is 0 Å².